The van der Waals surface area contributed by atoms with Gasteiger partial charge in [-0.2, -0.15) is 0 Å². The number of fused-ring (bicyclic) bond motifs is 2. The van der Waals surface area contributed by atoms with Crippen molar-refractivity contribution in [2.45, 2.75) is 39.3 Å². The lowest BCUT2D eigenvalue weighted by Crippen LogP contribution is -2.33. The lowest BCUT2D eigenvalue weighted by atomic mass is 9.86. The van der Waals surface area contributed by atoms with Crippen LogP contribution in [0.4, 0.5) is 0 Å². The van der Waals surface area contributed by atoms with Crippen LogP contribution in [0, 0.1) is 6.92 Å². The number of aryl methyl sites for hydroxylation is 2. The number of carboxylic acid groups (broad SMARTS) is 1. The van der Waals surface area contributed by atoms with Crippen LogP contribution in [0.3, 0.4) is 0 Å². The van der Waals surface area contributed by atoms with E-state index in [1.54, 1.807) is 37.9 Å². The predicted octanol–water partition coefficient (Wildman–Crippen LogP) is 4.05. The summed E-state index contributed by atoms with van der Waals surface area (Å²) in [5, 5.41) is 9.73. The quantitative estimate of drug-likeness (QED) is 0.307. The number of hydrogen-bond acceptors (Lipinski definition) is 6. The molecule has 0 bridgehead atoms. The first-order chi connectivity index (χ1) is 19.8. The molecule has 0 fully saturated rings. The predicted molar refractivity (Wildman–Crippen MR) is 152 cm³/mol. The number of benzene rings is 2. The van der Waals surface area contributed by atoms with Crippen molar-refractivity contribution in [1.29, 1.82) is 0 Å². The average molecular weight is 550 g/mol. The van der Waals surface area contributed by atoms with E-state index in [4.69, 9.17) is 4.42 Å². The highest BCUT2D eigenvalue weighted by Crippen LogP contribution is 2.38. The number of hydrogen-bond donors (Lipinski definition) is 2. The van der Waals surface area contributed by atoms with Crippen molar-refractivity contribution in [3.8, 4) is 0 Å². The fourth-order valence-corrected chi connectivity index (χ4v) is 5.37. The Kier molecular flexibility index (Phi) is 6.58. The van der Waals surface area contributed by atoms with Crippen LogP contribution in [0.1, 0.15) is 73.9 Å². The minimum absolute atomic E-state index is 0.0535. The van der Waals surface area contributed by atoms with Crippen molar-refractivity contribution in [3.63, 3.8) is 0 Å². The number of nitrogens with one attached hydrogen (secondary N) is 1. The number of nitrogens with zero attached hydrogens (tertiary/aromatic N) is 4. The Morgan fingerprint density at radius 1 is 1.05 bits per heavy atom. The van der Waals surface area contributed by atoms with E-state index in [1.807, 2.05) is 34.9 Å². The summed E-state index contributed by atoms with van der Waals surface area (Å²) >= 11 is 0. The Morgan fingerprint density at radius 3 is 2.59 bits per heavy atom. The number of aromatic carboxylic acids is 1. The topological polar surface area (TPSA) is 136 Å². The molecule has 1 atom stereocenters. The Balaban J connectivity index is 1.46. The molecular weight excluding hydrogens is 522 g/mol. The number of aromatic amines is 1. The molecule has 206 valence electrons. The molecule has 10 nitrogen and oxygen atoms in total. The van der Waals surface area contributed by atoms with Crippen molar-refractivity contribution in [1.82, 2.24) is 24.1 Å². The molecule has 1 aliphatic carbocycles. The van der Waals surface area contributed by atoms with Crippen LogP contribution in [0.25, 0.3) is 12.2 Å². The van der Waals surface area contributed by atoms with E-state index in [2.05, 4.69) is 27.9 Å². The number of carboxylic acids is 1. The monoisotopic (exact) mass is 549 g/mol. The van der Waals surface area contributed by atoms with Gasteiger partial charge in [0, 0.05) is 37.6 Å². The fraction of sp³-hybridized carbons (Fsp3) is 0.194. The molecule has 41 heavy (non-hydrogen) atoms. The van der Waals surface area contributed by atoms with Gasteiger partial charge in [-0.3, -0.25) is 14.3 Å². The Labute approximate surface area is 234 Å². The number of oxazole rings is 1. The van der Waals surface area contributed by atoms with Crippen molar-refractivity contribution in [3.05, 3.63) is 138 Å². The maximum atomic E-state index is 13.3. The van der Waals surface area contributed by atoms with Crippen LogP contribution in [0.2, 0.25) is 0 Å². The number of aromatic nitrogens is 5. The molecular formula is C31H27N5O5. The lowest BCUT2D eigenvalue weighted by molar-refractivity contribution is 0.0696. The van der Waals surface area contributed by atoms with Gasteiger partial charge in [0.15, 0.2) is 11.7 Å². The van der Waals surface area contributed by atoms with E-state index in [1.165, 1.54) is 10.6 Å². The minimum Gasteiger partial charge on any atom is -0.478 e. The van der Waals surface area contributed by atoms with Gasteiger partial charge in [0.1, 0.15) is 0 Å². The van der Waals surface area contributed by atoms with Crippen LogP contribution < -0.4 is 11.2 Å². The Hall–Kier alpha value is -5.25. The highest BCUT2D eigenvalue weighted by molar-refractivity contribution is 5.88. The summed E-state index contributed by atoms with van der Waals surface area (Å²) in [6.07, 6.45) is 11.3. The zero-order valence-corrected chi connectivity index (χ0v) is 22.5. The molecule has 10 heteroatoms. The molecule has 2 N–H and O–H groups in total. The normalized spacial score (nSPS) is 14.0. The maximum absolute atomic E-state index is 13.3. The third-order valence-electron chi connectivity index (χ3n) is 7.27. The second kappa shape index (κ2) is 10.4. The van der Waals surface area contributed by atoms with Crippen molar-refractivity contribution >= 4 is 18.1 Å². The van der Waals surface area contributed by atoms with E-state index in [0.717, 1.165) is 28.7 Å². The molecule has 0 amide bonds. The number of imidazole rings is 1. The first-order valence-electron chi connectivity index (χ1n) is 13.2. The second-order valence-corrected chi connectivity index (χ2v) is 10.1. The van der Waals surface area contributed by atoms with Gasteiger partial charge >= 0.3 is 11.7 Å². The summed E-state index contributed by atoms with van der Waals surface area (Å²) in [7, 11) is 0. The highest BCUT2D eigenvalue weighted by Gasteiger charge is 2.30. The molecule has 1 unspecified atom stereocenters. The third-order valence-corrected chi connectivity index (χ3v) is 7.27. The molecule has 0 spiro atoms. The van der Waals surface area contributed by atoms with Crippen LogP contribution >= 0.6 is 0 Å². The molecule has 6 rings (SSSR count). The second-order valence-electron chi connectivity index (χ2n) is 10.1. The van der Waals surface area contributed by atoms with Gasteiger partial charge < -0.3 is 14.1 Å². The summed E-state index contributed by atoms with van der Waals surface area (Å²) in [5.41, 5.74) is 4.23. The summed E-state index contributed by atoms with van der Waals surface area (Å²) in [4.78, 5) is 49.4. The highest BCUT2D eigenvalue weighted by atomic mass is 16.4. The van der Waals surface area contributed by atoms with Gasteiger partial charge in [-0.1, -0.05) is 37.3 Å². The van der Waals surface area contributed by atoms with Gasteiger partial charge in [-0.15, -0.1) is 0 Å². The first-order valence-corrected chi connectivity index (χ1v) is 13.2. The van der Waals surface area contributed by atoms with Crippen LogP contribution in [0.15, 0.2) is 75.3 Å². The van der Waals surface area contributed by atoms with Crippen LogP contribution in [0.5, 0.6) is 0 Å². The first kappa shape index (κ1) is 26.0. The molecule has 0 saturated heterocycles. The number of H-pyrrole nitrogens is 1. The van der Waals surface area contributed by atoms with Crippen molar-refractivity contribution in [2.24, 2.45) is 0 Å². The molecule has 0 saturated carbocycles. The standard InChI is InChI=1S/C31H27N5O5/c1-3-19-4-6-24-22(11-19)5-7-26-28(33-18(2)41-26)27(24)25-16-36(31(40)34-29(25)37)15-21-10-20(12-23(13-21)30(38)39)14-35-9-8-32-17-35/h4-13,16-17,27H,3,14-15H2,1-2H3,(H,38,39)(H,34,37,40). The minimum atomic E-state index is -1.07. The van der Waals surface area contributed by atoms with Crippen molar-refractivity contribution in [2.75, 3.05) is 0 Å². The fourth-order valence-electron chi connectivity index (χ4n) is 5.37. The summed E-state index contributed by atoms with van der Waals surface area (Å²) < 4.78 is 9.09. The van der Waals surface area contributed by atoms with E-state index >= 15 is 0 Å². The van der Waals surface area contributed by atoms with Gasteiger partial charge in [0.25, 0.3) is 5.56 Å². The van der Waals surface area contributed by atoms with E-state index in [9.17, 15) is 19.5 Å². The average Bonchev–Trinajstić information content (AvgIpc) is 3.56. The number of carbonyl (C=O) groups is 1. The van der Waals surface area contributed by atoms with Gasteiger partial charge in [0.05, 0.1) is 30.0 Å². The zero-order valence-electron chi connectivity index (χ0n) is 22.5. The van der Waals surface area contributed by atoms with E-state index in [0.29, 0.717) is 35.0 Å². The van der Waals surface area contributed by atoms with E-state index in [-0.39, 0.29) is 12.1 Å². The van der Waals surface area contributed by atoms with E-state index < -0.39 is 23.1 Å². The Bertz CT molecular complexity index is 1930. The van der Waals surface area contributed by atoms with Gasteiger partial charge in [-0.25, -0.2) is 19.6 Å². The Morgan fingerprint density at radius 2 is 1.85 bits per heavy atom. The summed E-state index contributed by atoms with van der Waals surface area (Å²) in [5.74, 6) is -0.636. The summed E-state index contributed by atoms with van der Waals surface area (Å²) in [6.45, 7) is 4.30. The number of rotatable bonds is 7. The molecule has 5 aromatic rings. The summed E-state index contributed by atoms with van der Waals surface area (Å²) in [6, 6.07) is 11.1. The maximum Gasteiger partial charge on any atom is 0.335 e. The molecule has 3 aromatic heterocycles. The molecule has 0 aliphatic heterocycles. The molecule has 1 aliphatic rings. The van der Waals surface area contributed by atoms with Crippen molar-refractivity contribution < 1.29 is 14.3 Å². The zero-order chi connectivity index (χ0) is 28.7. The van der Waals surface area contributed by atoms with Crippen LogP contribution in [-0.4, -0.2) is 35.2 Å². The smallest absolute Gasteiger partial charge is 0.335 e. The molecule has 0 radical (unpaired) electrons. The van der Waals surface area contributed by atoms with Crippen LogP contribution in [-0.2, 0) is 19.5 Å². The SMILES string of the molecule is CCc1ccc2c(c1)C=Cc1oc(C)nc1C2c1cn(Cc2cc(Cn3ccnc3)cc(C(=O)O)c2)c(=O)[nH]c1=O. The largest absolute Gasteiger partial charge is 0.478 e. The van der Waals surface area contributed by atoms with Gasteiger partial charge in [0.2, 0.25) is 0 Å². The molecule has 2 aromatic carbocycles. The van der Waals surface area contributed by atoms with Gasteiger partial charge in [-0.05, 0) is 52.4 Å². The lowest BCUT2D eigenvalue weighted by Gasteiger charge is -2.19. The molecule has 3 heterocycles. The third kappa shape index (κ3) is 5.07.